The fourth-order valence-electron chi connectivity index (χ4n) is 3.27. The molecule has 1 aromatic heterocycles. The van der Waals surface area contributed by atoms with Gasteiger partial charge in [0.05, 0.1) is 12.2 Å². The molecule has 1 aliphatic rings. The Kier molecular flexibility index (Phi) is 13.2. The minimum atomic E-state index is 0. The second kappa shape index (κ2) is 14.5. The Bertz CT molecular complexity index is 553. The number of unbranched alkanes of at least 4 members (excludes halogenated alkanes) is 1. The summed E-state index contributed by atoms with van der Waals surface area (Å²) in [4.78, 5) is 11.8. The summed E-state index contributed by atoms with van der Waals surface area (Å²) >= 11 is 1.91. The highest BCUT2D eigenvalue weighted by molar-refractivity contribution is 14.0. The number of oxazole rings is 1. The average molecular weight is 524 g/mol. The lowest BCUT2D eigenvalue weighted by atomic mass is 9.97. The molecule has 0 spiro atoms. The third kappa shape index (κ3) is 9.35. The van der Waals surface area contributed by atoms with E-state index in [4.69, 9.17) is 9.41 Å². The lowest BCUT2D eigenvalue weighted by Crippen LogP contribution is -2.39. The van der Waals surface area contributed by atoms with Crippen molar-refractivity contribution < 1.29 is 4.42 Å². The summed E-state index contributed by atoms with van der Waals surface area (Å²) in [6.07, 6.45) is 7.00. The van der Waals surface area contributed by atoms with Crippen LogP contribution in [0.3, 0.4) is 0 Å². The van der Waals surface area contributed by atoms with Gasteiger partial charge in [0.1, 0.15) is 5.76 Å². The topological polar surface area (TPSA) is 65.7 Å². The van der Waals surface area contributed by atoms with Crippen LogP contribution in [0.1, 0.15) is 50.0 Å². The normalized spacial score (nSPS) is 16.1. The number of aromatic nitrogens is 1. The molecule has 0 saturated carbocycles. The lowest BCUT2D eigenvalue weighted by Gasteiger charge is -2.30. The van der Waals surface area contributed by atoms with Crippen molar-refractivity contribution in [2.45, 2.75) is 53.0 Å². The van der Waals surface area contributed by atoms with Crippen LogP contribution in [0, 0.1) is 19.8 Å². The molecule has 0 atom stereocenters. The summed E-state index contributed by atoms with van der Waals surface area (Å²) in [5.74, 6) is 4.66. The van der Waals surface area contributed by atoms with E-state index in [0.717, 1.165) is 62.6 Å². The minimum absolute atomic E-state index is 0. The molecule has 0 radical (unpaired) electrons. The molecule has 1 aliphatic heterocycles. The van der Waals surface area contributed by atoms with Crippen LogP contribution in [0.5, 0.6) is 0 Å². The average Bonchev–Trinajstić information content (AvgIpc) is 2.97. The summed E-state index contributed by atoms with van der Waals surface area (Å²) in [5.41, 5.74) is 1.01. The first-order chi connectivity index (χ1) is 13.1. The van der Waals surface area contributed by atoms with E-state index in [1.807, 2.05) is 25.6 Å². The number of likely N-dealkylation sites (tertiary alicyclic amines) is 1. The monoisotopic (exact) mass is 523 g/mol. The highest BCUT2D eigenvalue weighted by atomic mass is 127. The Morgan fingerprint density at radius 2 is 2.00 bits per heavy atom. The van der Waals surface area contributed by atoms with Crippen molar-refractivity contribution in [3.8, 4) is 0 Å². The Labute approximate surface area is 192 Å². The van der Waals surface area contributed by atoms with Crippen LogP contribution in [0.15, 0.2) is 9.41 Å². The number of piperidine rings is 1. The highest BCUT2D eigenvalue weighted by Gasteiger charge is 2.20. The molecule has 1 aromatic rings. The van der Waals surface area contributed by atoms with Crippen LogP contribution >= 0.6 is 35.7 Å². The van der Waals surface area contributed by atoms with Crippen LogP contribution in [-0.4, -0.2) is 60.6 Å². The molecule has 1 saturated heterocycles. The first-order valence-corrected chi connectivity index (χ1v) is 11.7. The number of nitrogens with one attached hydrogen (secondary N) is 2. The predicted octanol–water partition coefficient (Wildman–Crippen LogP) is 3.82. The van der Waals surface area contributed by atoms with Gasteiger partial charge >= 0.3 is 0 Å². The molecule has 1 fully saturated rings. The third-order valence-electron chi connectivity index (χ3n) is 5.06. The molecule has 0 amide bonds. The molecule has 28 heavy (non-hydrogen) atoms. The molecule has 0 bridgehead atoms. The van der Waals surface area contributed by atoms with Crippen LogP contribution < -0.4 is 10.6 Å². The Balaban J connectivity index is 0.00000392. The van der Waals surface area contributed by atoms with Gasteiger partial charge in [-0.1, -0.05) is 0 Å². The van der Waals surface area contributed by atoms with E-state index in [1.54, 1.807) is 0 Å². The van der Waals surface area contributed by atoms with Crippen molar-refractivity contribution in [2.75, 3.05) is 44.7 Å². The number of hydrogen-bond acceptors (Lipinski definition) is 5. The van der Waals surface area contributed by atoms with Gasteiger partial charge in [-0.3, -0.25) is 9.89 Å². The summed E-state index contributed by atoms with van der Waals surface area (Å²) in [5, 5.41) is 6.83. The lowest BCUT2D eigenvalue weighted by molar-refractivity contribution is 0.166. The molecular weight excluding hydrogens is 485 g/mol. The summed E-state index contributed by atoms with van der Waals surface area (Å²) in [7, 11) is 0. The van der Waals surface area contributed by atoms with Gasteiger partial charge in [-0.25, -0.2) is 4.98 Å². The molecule has 2 rings (SSSR count). The third-order valence-corrected chi connectivity index (χ3v) is 5.76. The largest absolute Gasteiger partial charge is 0.444 e. The van der Waals surface area contributed by atoms with Crippen molar-refractivity contribution in [1.29, 1.82) is 0 Å². The van der Waals surface area contributed by atoms with E-state index in [0.29, 0.717) is 5.92 Å². The first-order valence-electron chi connectivity index (χ1n) is 10.3. The Morgan fingerprint density at radius 1 is 1.25 bits per heavy atom. The van der Waals surface area contributed by atoms with E-state index in [-0.39, 0.29) is 24.0 Å². The maximum absolute atomic E-state index is 5.72. The number of aliphatic imine (C=N–C) groups is 1. The number of halogens is 1. The van der Waals surface area contributed by atoms with Gasteiger partial charge in [0.15, 0.2) is 5.96 Å². The molecule has 2 heterocycles. The van der Waals surface area contributed by atoms with E-state index >= 15 is 0 Å². The smallest absolute Gasteiger partial charge is 0.208 e. The summed E-state index contributed by atoms with van der Waals surface area (Å²) in [6.45, 7) is 11.9. The predicted molar refractivity (Wildman–Crippen MR) is 131 cm³/mol. The van der Waals surface area contributed by atoms with Crippen molar-refractivity contribution in [3.05, 3.63) is 17.3 Å². The van der Waals surface area contributed by atoms with Gasteiger partial charge in [-0.05, 0) is 77.5 Å². The van der Waals surface area contributed by atoms with Gasteiger partial charge in [0.2, 0.25) is 5.89 Å². The minimum Gasteiger partial charge on any atom is -0.444 e. The number of guanidine groups is 1. The zero-order valence-electron chi connectivity index (χ0n) is 17.9. The van der Waals surface area contributed by atoms with Crippen LogP contribution in [-0.2, 0) is 6.54 Å². The maximum atomic E-state index is 5.72. The molecule has 0 aliphatic carbocycles. The van der Waals surface area contributed by atoms with Crippen LogP contribution in [0.25, 0.3) is 0 Å². The first kappa shape index (κ1) is 25.6. The standard InChI is InChI=1S/C20H37N5OS.HI/c1-5-21-20(22-10-6-7-13-27-4)23-14-18-8-11-25(12-9-18)15-19-24-16(2)17(3)26-19;/h18H,5-15H2,1-4H3,(H2,21,22,23);1H. The van der Waals surface area contributed by atoms with E-state index < -0.39 is 0 Å². The van der Waals surface area contributed by atoms with Gasteiger partial charge in [-0.15, -0.1) is 24.0 Å². The van der Waals surface area contributed by atoms with E-state index in [2.05, 4.69) is 33.7 Å². The fourth-order valence-corrected chi connectivity index (χ4v) is 3.76. The molecular formula is C20H38IN5OS. The van der Waals surface area contributed by atoms with Crippen molar-refractivity contribution >= 4 is 41.7 Å². The van der Waals surface area contributed by atoms with Gasteiger partial charge in [0, 0.05) is 19.6 Å². The fraction of sp³-hybridized carbons (Fsp3) is 0.800. The molecule has 162 valence electrons. The number of aryl methyl sites for hydroxylation is 2. The molecule has 2 N–H and O–H groups in total. The number of nitrogens with zero attached hydrogens (tertiary/aromatic N) is 3. The van der Waals surface area contributed by atoms with Gasteiger partial charge in [0.25, 0.3) is 0 Å². The number of rotatable bonds is 10. The highest BCUT2D eigenvalue weighted by Crippen LogP contribution is 2.20. The van der Waals surface area contributed by atoms with Gasteiger partial charge < -0.3 is 15.1 Å². The maximum Gasteiger partial charge on any atom is 0.208 e. The SMILES string of the molecule is CCNC(=NCC1CCN(Cc2nc(C)c(C)o2)CC1)NCCCCSC.I. The Hall–Kier alpha value is -0.480. The molecule has 8 heteroatoms. The quantitative estimate of drug-likeness (QED) is 0.211. The van der Waals surface area contributed by atoms with Gasteiger partial charge in [-0.2, -0.15) is 11.8 Å². The number of thioether (sulfide) groups is 1. The zero-order chi connectivity index (χ0) is 19.5. The molecule has 0 unspecified atom stereocenters. The molecule has 6 nitrogen and oxygen atoms in total. The van der Waals surface area contributed by atoms with E-state index in [9.17, 15) is 0 Å². The molecule has 0 aromatic carbocycles. The zero-order valence-corrected chi connectivity index (χ0v) is 21.1. The Morgan fingerprint density at radius 3 is 2.61 bits per heavy atom. The second-order valence-electron chi connectivity index (χ2n) is 7.32. The summed E-state index contributed by atoms with van der Waals surface area (Å²) < 4.78 is 5.72. The van der Waals surface area contributed by atoms with Crippen molar-refractivity contribution in [2.24, 2.45) is 10.9 Å². The van der Waals surface area contributed by atoms with E-state index in [1.165, 1.54) is 31.4 Å². The summed E-state index contributed by atoms with van der Waals surface area (Å²) in [6, 6.07) is 0. The van der Waals surface area contributed by atoms with Crippen molar-refractivity contribution in [1.82, 2.24) is 20.5 Å². The second-order valence-corrected chi connectivity index (χ2v) is 8.30. The van der Waals surface area contributed by atoms with Crippen molar-refractivity contribution in [3.63, 3.8) is 0 Å². The van der Waals surface area contributed by atoms with Crippen LogP contribution in [0.4, 0.5) is 0 Å². The van der Waals surface area contributed by atoms with Crippen LogP contribution in [0.2, 0.25) is 0 Å². The number of hydrogen-bond donors (Lipinski definition) is 2.